The van der Waals surface area contributed by atoms with Crippen molar-refractivity contribution in [2.75, 3.05) is 14.2 Å². The van der Waals surface area contributed by atoms with Crippen molar-refractivity contribution < 1.29 is 19.0 Å². The number of nitriles is 1. The minimum absolute atomic E-state index is 0.251. The van der Waals surface area contributed by atoms with Crippen LogP contribution in [0.4, 0.5) is 0 Å². The monoisotopic (exact) mass is 691 g/mol. The molecule has 0 N–H and O–H groups in total. The van der Waals surface area contributed by atoms with E-state index in [1.807, 2.05) is 61.5 Å². The largest absolute Gasteiger partial charge is 0.493 e. The van der Waals surface area contributed by atoms with Crippen molar-refractivity contribution >= 4 is 46.0 Å². The normalized spacial score (nSPS) is 14.5. The number of thiazole rings is 1. The van der Waals surface area contributed by atoms with Gasteiger partial charge in [0.25, 0.3) is 5.56 Å². The Morgan fingerprint density at radius 2 is 1.88 bits per heavy atom. The summed E-state index contributed by atoms with van der Waals surface area (Å²) < 4.78 is 19.7. The van der Waals surface area contributed by atoms with Gasteiger partial charge in [-0.2, -0.15) is 5.26 Å². The molecule has 0 fully saturated rings. The highest BCUT2D eigenvalue weighted by Gasteiger charge is 2.33. The van der Waals surface area contributed by atoms with Crippen LogP contribution in [-0.4, -0.2) is 24.8 Å². The van der Waals surface area contributed by atoms with Gasteiger partial charge in [0.05, 0.1) is 51.3 Å². The van der Waals surface area contributed by atoms with Crippen LogP contribution in [0, 0.1) is 14.9 Å². The molecule has 0 bridgehead atoms. The number of carbonyl (C=O) groups is 1. The molecule has 1 aromatic heterocycles. The molecular weight excluding hydrogens is 665 g/mol. The standard InChI is InChI=1S/C32H26IN3O5S/c1-4-24-27(31(38)40-3)28(22-8-6-5-7-9-22)36-30(37)26(42-32(36)35-24)16-21-14-23(33)29(25(15-21)39-2)41-18-20-12-10-19(17-34)11-13-20/h5-16,28H,4,18H2,1-3H3/b26-16+/t28-/m1/s1. The van der Waals surface area contributed by atoms with Crippen molar-refractivity contribution in [3.05, 3.63) is 124 Å². The van der Waals surface area contributed by atoms with E-state index in [0.717, 1.165) is 20.3 Å². The summed E-state index contributed by atoms with van der Waals surface area (Å²) >= 11 is 3.46. The molecule has 0 aliphatic carbocycles. The van der Waals surface area contributed by atoms with E-state index in [0.29, 0.717) is 50.7 Å². The summed E-state index contributed by atoms with van der Waals surface area (Å²) in [5.74, 6) is 0.605. The second-order valence-corrected chi connectivity index (χ2v) is 11.5. The molecule has 0 saturated heterocycles. The van der Waals surface area contributed by atoms with Crippen LogP contribution in [0.25, 0.3) is 6.08 Å². The van der Waals surface area contributed by atoms with Gasteiger partial charge in [0.1, 0.15) is 6.61 Å². The predicted octanol–water partition coefficient (Wildman–Crippen LogP) is 4.86. The third kappa shape index (κ3) is 5.75. The molecule has 1 aliphatic rings. The maximum absolute atomic E-state index is 13.9. The Labute approximate surface area is 260 Å². The number of rotatable bonds is 8. The second-order valence-electron chi connectivity index (χ2n) is 9.33. The first kappa shape index (κ1) is 29.3. The zero-order valence-corrected chi connectivity index (χ0v) is 26.1. The Hall–Kier alpha value is -4.21. The van der Waals surface area contributed by atoms with E-state index in [1.165, 1.54) is 18.4 Å². The summed E-state index contributed by atoms with van der Waals surface area (Å²) in [7, 11) is 2.90. The molecular formula is C32H26IN3O5S. The highest BCUT2D eigenvalue weighted by atomic mass is 127. The lowest BCUT2D eigenvalue weighted by atomic mass is 9.95. The highest BCUT2D eigenvalue weighted by molar-refractivity contribution is 14.1. The SMILES string of the molecule is CCC1=C(C(=O)OC)[C@@H](c2ccccc2)n2c(s/c(=C/c3cc(I)c(OCc4ccc(C#N)cc4)c(OC)c3)c2=O)=N1. The molecule has 8 nitrogen and oxygen atoms in total. The molecule has 5 rings (SSSR count). The average molecular weight is 692 g/mol. The lowest BCUT2D eigenvalue weighted by molar-refractivity contribution is -0.136. The number of hydrogen-bond donors (Lipinski definition) is 0. The molecule has 212 valence electrons. The van der Waals surface area contributed by atoms with E-state index in [-0.39, 0.29) is 5.56 Å². The maximum Gasteiger partial charge on any atom is 0.338 e. The van der Waals surface area contributed by atoms with E-state index in [2.05, 4.69) is 28.7 Å². The van der Waals surface area contributed by atoms with Crippen LogP contribution in [0.1, 0.15) is 41.6 Å². The number of methoxy groups -OCH3 is 2. The van der Waals surface area contributed by atoms with Crippen molar-refractivity contribution in [1.82, 2.24) is 4.57 Å². The van der Waals surface area contributed by atoms with Crippen LogP contribution in [0.5, 0.6) is 11.5 Å². The van der Waals surface area contributed by atoms with Gasteiger partial charge in [0.2, 0.25) is 0 Å². The van der Waals surface area contributed by atoms with Gasteiger partial charge >= 0.3 is 5.97 Å². The third-order valence-electron chi connectivity index (χ3n) is 6.78. The smallest absolute Gasteiger partial charge is 0.338 e. The number of carbonyl (C=O) groups excluding carboxylic acids is 1. The molecule has 2 heterocycles. The molecule has 1 atom stereocenters. The lowest BCUT2D eigenvalue weighted by Gasteiger charge is -2.25. The minimum Gasteiger partial charge on any atom is -0.493 e. The first-order chi connectivity index (χ1) is 20.4. The predicted molar refractivity (Wildman–Crippen MR) is 168 cm³/mol. The average Bonchev–Trinajstić information content (AvgIpc) is 3.33. The molecule has 4 aromatic rings. The number of fused-ring (bicyclic) bond motifs is 1. The summed E-state index contributed by atoms with van der Waals surface area (Å²) in [6.45, 7) is 2.23. The van der Waals surface area contributed by atoms with Crippen molar-refractivity contribution in [2.24, 2.45) is 4.99 Å². The molecule has 0 spiro atoms. The summed E-state index contributed by atoms with van der Waals surface area (Å²) in [5, 5.41) is 9.02. The zero-order chi connectivity index (χ0) is 29.8. The Morgan fingerprint density at radius 3 is 2.52 bits per heavy atom. The highest BCUT2D eigenvalue weighted by Crippen LogP contribution is 2.35. The molecule has 0 amide bonds. The van der Waals surface area contributed by atoms with E-state index < -0.39 is 12.0 Å². The number of halogens is 1. The van der Waals surface area contributed by atoms with E-state index in [9.17, 15) is 9.59 Å². The number of aromatic nitrogens is 1. The number of benzene rings is 3. The Kier molecular flexibility index (Phi) is 8.89. The van der Waals surface area contributed by atoms with Gasteiger partial charge in [0.15, 0.2) is 16.3 Å². The van der Waals surface area contributed by atoms with Gasteiger partial charge in [-0.1, -0.05) is 60.7 Å². The summed E-state index contributed by atoms with van der Waals surface area (Å²) in [5.41, 5.74) is 3.77. The fourth-order valence-electron chi connectivity index (χ4n) is 4.76. The third-order valence-corrected chi connectivity index (χ3v) is 8.57. The topological polar surface area (TPSA) is 103 Å². The van der Waals surface area contributed by atoms with E-state index in [4.69, 9.17) is 24.5 Å². The van der Waals surface area contributed by atoms with Gasteiger partial charge in [-0.15, -0.1) is 0 Å². The van der Waals surface area contributed by atoms with Crippen LogP contribution in [0.15, 0.2) is 87.8 Å². The molecule has 3 aromatic carbocycles. The Morgan fingerprint density at radius 1 is 1.14 bits per heavy atom. The number of nitrogens with zero attached hydrogens (tertiary/aromatic N) is 3. The van der Waals surface area contributed by atoms with E-state index >= 15 is 0 Å². The van der Waals surface area contributed by atoms with Crippen LogP contribution in [0.2, 0.25) is 0 Å². The van der Waals surface area contributed by atoms with Crippen molar-refractivity contribution in [3.63, 3.8) is 0 Å². The second kappa shape index (κ2) is 12.8. The fourth-order valence-corrected chi connectivity index (χ4v) is 6.56. The van der Waals surface area contributed by atoms with Gasteiger partial charge in [-0.3, -0.25) is 9.36 Å². The lowest BCUT2D eigenvalue weighted by Crippen LogP contribution is -2.40. The van der Waals surface area contributed by atoms with Crippen molar-refractivity contribution in [2.45, 2.75) is 26.0 Å². The molecule has 42 heavy (non-hydrogen) atoms. The first-order valence-electron chi connectivity index (χ1n) is 13.1. The number of allylic oxidation sites excluding steroid dienone is 1. The molecule has 0 radical (unpaired) electrons. The van der Waals surface area contributed by atoms with Crippen LogP contribution < -0.4 is 24.4 Å². The van der Waals surface area contributed by atoms with Crippen molar-refractivity contribution in [1.29, 1.82) is 5.26 Å². The Balaban J connectivity index is 1.56. The maximum atomic E-state index is 13.9. The van der Waals surface area contributed by atoms with Gasteiger partial charge in [-0.05, 0) is 76.0 Å². The number of ether oxygens (including phenoxy) is 3. The zero-order valence-electron chi connectivity index (χ0n) is 23.1. The molecule has 0 unspecified atom stereocenters. The quantitative estimate of drug-likeness (QED) is 0.193. The molecule has 0 saturated carbocycles. The molecule has 1 aliphatic heterocycles. The summed E-state index contributed by atoms with van der Waals surface area (Å²) in [6, 6.07) is 21.8. The Bertz CT molecular complexity index is 1900. The number of hydrogen-bond acceptors (Lipinski definition) is 8. The van der Waals surface area contributed by atoms with Gasteiger partial charge in [0, 0.05) is 0 Å². The van der Waals surface area contributed by atoms with Gasteiger partial charge in [-0.25, -0.2) is 9.79 Å². The summed E-state index contributed by atoms with van der Waals surface area (Å²) in [6.07, 6.45) is 2.31. The van der Waals surface area contributed by atoms with Crippen LogP contribution in [-0.2, 0) is 16.1 Å². The van der Waals surface area contributed by atoms with E-state index in [1.54, 1.807) is 29.9 Å². The molecule has 10 heteroatoms. The number of esters is 1. The minimum atomic E-state index is -0.653. The van der Waals surface area contributed by atoms with Crippen LogP contribution in [0.3, 0.4) is 0 Å². The van der Waals surface area contributed by atoms with Crippen LogP contribution >= 0.6 is 33.9 Å². The fraction of sp³-hybridized carbons (Fsp3) is 0.188. The first-order valence-corrected chi connectivity index (χ1v) is 15.0. The summed E-state index contributed by atoms with van der Waals surface area (Å²) in [4.78, 5) is 32.1. The van der Waals surface area contributed by atoms with Crippen molar-refractivity contribution in [3.8, 4) is 17.6 Å². The van der Waals surface area contributed by atoms with Gasteiger partial charge < -0.3 is 14.2 Å².